The van der Waals surface area contributed by atoms with Gasteiger partial charge >= 0.3 is 5.97 Å². The zero-order valence-electron chi connectivity index (χ0n) is 20.5. The first-order chi connectivity index (χ1) is 16.0. The molecule has 1 N–H and O–H groups in total. The number of amides is 1. The second-order valence-electron chi connectivity index (χ2n) is 9.89. The maximum absolute atomic E-state index is 13.4. The molecule has 0 aliphatic carbocycles. The Morgan fingerprint density at radius 3 is 2.41 bits per heavy atom. The van der Waals surface area contributed by atoms with Gasteiger partial charge in [-0.25, -0.2) is 4.68 Å². The molecule has 0 radical (unpaired) electrons. The first kappa shape index (κ1) is 24.1. The second kappa shape index (κ2) is 8.95. The molecule has 7 heteroatoms. The highest BCUT2D eigenvalue weighted by atomic mass is 32.2. The summed E-state index contributed by atoms with van der Waals surface area (Å²) in [4.78, 5) is 26.7. The summed E-state index contributed by atoms with van der Waals surface area (Å²) in [6.07, 6.45) is 0. The van der Waals surface area contributed by atoms with Crippen LogP contribution in [-0.4, -0.2) is 39.1 Å². The Morgan fingerprint density at radius 1 is 1.09 bits per heavy atom. The Bertz CT molecular complexity index is 1270. The third kappa shape index (κ3) is 4.25. The van der Waals surface area contributed by atoms with Gasteiger partial charge in [0.25, 0.3) is 0 Å². The Hall–Kier alpha value is -3.06. The predicted octanol–water partition coefficient (Wildman–Crippen LogP) is 5.35. The average molecular weight is 478 g/mol. The van der Waals surface area contributed by atoms with E-state index in [2.05, 4.69) is 39.8 Å². The van der Waals surface area contributed by atoms with Crippen LogP contribution in [-0.2, 0) is 15.0 Å². The summed E-state index contributed by atoms with van der Waals surface area (Å²) in [5.74, 6) is -0.525. The number of nitrogens with zero attached hydrogens (tertiary/aromatic N) is 3. The first-order valence-electron chi connectivity index (χ1n) is 11.4. The molecule has 1 unspecified atom stereocenters. The summed E-state index contributed by atoms with van der Waals surface area (Å²) < 4.78 is 1.80. The van der Waals surface area contributed by atoms with Gasteiger partial charge in [0.1, 0.15) is 12.4 Å². The van der Waals surface area contributed by atoms with Crippen LogP contribution >= 0.6 is 11.8 Å². The smallest absolute Gasteiger partial charge is 0.323 e. The molecule has 178 valence electrons. The standard InChI is InChI=1S/C27H31N3O3S/c1-16-11-9-13-20(18(16)3)30-26-23(25(28-30)27(4,5)6)24(19-12-8-7-10-17(19)2)34-15-21(31)29(26)14-22(32)33/h7-13,24H,14-15H2,1-6H3,(H,32,33). The molecule has 6 nitrogen and oxygen atoms in total. The van der Waals surface area contributed by atoms with E-state index >= 15 is 0 Å². The Morgan fingerprint density at radius 2 is 1.76 bits per heavy atom. The zero-order chi connectivity index (χ0) is 24.8. The summed E-state index contributed by atoms with van der Waals surface area (Å²) in [6, 6.07) is 14.2. The highest BCUT2D eigenvalue weighted by Crippen LogP contribution is 2.49. The fourth-order valence-corrected chi connectivity index (χ4v) is 5.76. The average Bonchev–Trinajstić information content (AvgIpc) is 3.09. The monoisotopic (exact) mass is 477 g/mol. The molecular weight excluding hydrogens is 446 g/mol. The number of carboxylic acids is 1. The molecule has 2 heterocycles. The molecule has 1 amide bonds. The van der Waals surface area contributed by atoms with E-state index in [-0.39, 0.29) is 22.3 Å². The molecule has 1 atom stereocenters. The van der Waals surface area contributed by atoms with E-state index in [4.69, 9.17) is 5.10 Å². The number of carbonyl (C=O) groups is 2. The number of anilines is 1. The molecule has 1 aliphatic rings. The number of fused-ring (bicyclic) bond motifs is 1. The Kier molecular flexibility index (Phi) is 6.34. The normalized spacial score (nSPS) is 16.4. The summed E-state index contributed by atoms with van der Waals surface area (Å²) in [5.41, 5.74) is 6.71. The molecule has 0 spiro atoms. The number of hydrogen-bond acceptors (Lipinski definition) is 4. The fourth-order valence-electron chi connectivity index (χ4n) is 4.47. The van der Waals surface area contributed by atoms with Crippen LogP contribution in [0.25, 0.3) is 5.69 Å². The fraction of sp³-hybridized carbons (Fsp3) is 0.370. The van der Waals surface area contributed by atoms with Crippen LogP contribution < -0.4 is 4.90 Å². The highest BCUT2D eigenvalue weighted by molar-refractivity contribution is 8.00. The molecule has 2 aromatic carbocycles. The van der Waals surface area contributed by atoms with E-state index < -0.39 is 12.5 Å². The number of aliphatic carboxylic acids is 1. The number of hydrogen-bond donors (Lipinski definition) is 1. The molecular formula is C27H31N3O3S. The van der Waals surface area contributed by atoms with Crippen LogP contribution in [0.2, 0.25) is 0 Å². The summed E-state index contributed by atoms with van der Waals surface area (Å²) in [6.45, 7) is 12.1. The second-order valence-corrected chi connectivity index (χ2v) is 11.0. The molecule has 0 saturated carbocycles. The van der Waals surface area contributed by atoms with Crippen molar-refractivity contribution in [2.24, 2.45) is 0 Å². The van der Waals surface area contributed by atoms with Crippen molar-refractivity contribution in [3.05, 3.63) is 76.0 Å². The number of aromatic nitrogens is 2. The molecule has 4 rings (SSSR count). The van der Waals surface area contributed by atoms with Gasteiger partial charge in [-0.15, -0.1) is 11.8 Å². The highest BCUT2D eigenvalue weighted by Gasteiger charge is 2.40. The van der Waals surface area contributed by atoms with E-state index in [0.717, 1.165) is 39.2 Å². The molecule has 0 fully saturated rings. The minimum absolute atomic E-state index is 0.146. The first-order valence-corrected chi connectivity index (χ1v) is 12.4. The quantitative estimate of drug-likeness (QED) is 0.548. The Labute approximate surface area is 205 Å². The third-order valence-corrected chi connectivity index (χ3v) is 7.60. The van der Waals surface area contributed by atoms with Crippen LogP contribution in [0.4, 0.5) is 5.82 Å². The SMILES string of the molecule is Cc1ccccc1C1SCC(=O)N(CC(=O)O)c2c1c(C(C)(C)C)nn2-c1cccc(C)c1C. The topological polar surface area (TPSA) is 75.4 Å². The lowest BCUT2D eigenvalue weighted by Crippen LogP contribution is -2.38. The van der Waals surface area contributed by atoms with Gasteiger partial charge in [-0.1, -0.05) is 57.2 Å². The van der Waals surface area contributed by atoms with E-state index in [9.17, 15) is 14.7 Å². The minimum atomic E-state index is -1.05. The van der Waals surface area contributed by atoms with Crippen LogP contribution in [0.3, 0.4) is 0 Å². The van der Waals surface area contributed by atoms with Crippen LogP contribution in [0.15, 0.2) is 42.5 Å². The lowest BCUT2D eigenvalue weighted by Gasteiger charge is -2.24. The summed E-state index contributed by atoms with van der Waals surface area (Å²) in [7, 11) is 0. The van der Waals surface area contributed by atoms with Crippen LogP contribution in [0.1, 0.15) is 59.5 Å². The molecule has 1 aromatic heterocycles. The number of rotatable bonds is 4. The predicted molar refractivity (Wildman–Crippen MR) is 137 cm³/mol. The van der Waals surface area contributed by atoms with Crippen molar-refractivity contribution in [1.29, 1.82) is 0 Å². The molecule has 0 bridgehead atoms. The maximum atomic E-state index is 13.4. The van der Waals surface area contributed by atoms with E-state index in [1.807, 2.05) is 44.2 Å². The van der Waals surface area contributed by atoms with E-state index in [0.29, 0.717) is 5.82 Å². The van der Waals surface area contributed by atoms with E-state index in [1.165, 1.54) is 4.90 Å². The van der Waals surface area contributed by atoms with Crippen LogP contribution in [0, 0.1) is 20.8 Å². The number of carbonyl (C=O) groups excluding carboxylic acids is 1. The number of carboxylic acid groups (broad SMARTS) is 1. The number of benzene rings is 2. The number of aryl methyl sites for hydroxylation is 2. The molecule has 1 aliphatic heterocycles. The van der Waals surface area contributed by atoms with Gasteiger partial charge in [0.05, 0.1) is 22.4 Å². The van der Waals surface area contributed by atoms with Gasteiger partial charge in [0.15, 0.2) is 0 Å². The van der Waals surface area contributed by atoms with E-state index in [1.54, 1.807) is 16.4 Å². The number of thioether (sulfide) groups is 1. The van der Waals surface area contributed by atoms with Crippen LogP contribution in [0.5, 0.6) is 0 Å². The summed E-state index contributed by atoms with van der Waals surface area (Å²) >= 11 is 1.54. The maximum Gasteiger partial charge on any atom is 0.323 e. The molecule has 0 saturated heterocycles. The van der Waals surface area contributed by atoms with Gasteiger partial charge in [-0.3, -0.25) is 14.5 Å². The van der Waals surface area contributed by atoms with Gasteiger partial charge in [-0.2, -0.15) is 5.10 Å². The van der Waals surface area contributed by atoms with Crippen molar-refractivity contribution >= 4 is 29.5 Å². The van der Waals surface area contributed by atoms with Gasteiger partial charge in [0, 0.05) is 11.0 Å². The molecule has 3 aromatic rings. The third-order valence-electron chi connectivity index (χ3n) is 6.37. The van der Waals surface area contributed by atoms with Gasteiger partial charge in [0.2, 0.25) is 5.91 Å². The largest absolute Gasteiger partial charge is 0.480 e. The van der Waals surface area contributed by atoms with Crippen molar-refractivity contribution in [1.82, 2.24) is 9.78 Å². The van der Waals surface area contributed by atoms with Gasteiger partial charge < -0.3 is 5.11 Å². The van der Waals surface area contributed by atoms with Crippen molar-refractivity contribution in [3.63, 3.8) is 0 Å². The Balaban J connectivity index is 2.13. The van der Waals surface area contributed by atoms with Crippen molar-refractivity contribution in [2.45, 2.75) is 52.2 Å². The molecule has 34 heavy (non-hydrogen) atoms. The van der Waals surface area contributed by atoms with Crippen molar-refractivity contribution in [3.8, 4) is 5.69 Å². The lowest BCUT2D eigenvalue weighted by molar-refractivity contribution is -0.136. The summed E-state index contributed by atoms with van der Waals surface area (Å²) in [5, 5.41) is 14.7. The van der Waals surface area contributed by atoms with Crippen molar-refractivity contribution in [2.75, 3.05) is 17.2 Å². The van der Waals surface area contributed by atoms with Crippen molar-refractivity contribution < 1.29 is 14.7 Å². The minimum Gasteiger partial charge on any atom is -0.480 e. The van der Waals surface area contributed by atoms with Gasteiger partial charge in [-0.05, 0) is 49.1 Å². The zero-order valence-corrected chi connectivity index (χ0v) is 21.4. The lowest BCUT2D eigenvalue weighted by atomic mass is 9.86.